The molecule has 1 aromatic carbocycles. The lowest BCUT2D eigenvalue weighted by Gasteiger charge is -2.34. The van der Waals surface area contributed by atoms with Crippen LogP contribution in [0.15, 0.2) is 48.6 Å². The van der Waals surface area contributed by atoms with Gasteiger partial charge in [0.2, 0.25) is 0 Å². The van der Waals surface area contributed by atoms with Gasteiger partial charge in [-0.15, -0.1) is 0 Å². The van der Waals surface area contributed by atoms with Crippen molar-refractivity contribution in [3.05, 3.63) is 59.7 Å². The molecule has 2 aliphatic rings. The number of amides is 1. The van der Waals surface area contributed by atoms with Crippen molar-refractivity contribution in [3.63, 3.8) is 0 Å². The monoisotopic (exact) mass is 463 g/mol. The van der Waals surface area contributed by atoms with Gasteiger partial charge in [-0.05, 0) is 62.8 Å². The first-order valence-electron chi connectivity index (χ1n) is 11.9. The van der Waals surface area contributed by atoms with Crippen molar-refractivity contribution in [3.8, 4) is 11.1 Å². The summed E-state index contributed by atoms with van der Waals surface area (Å²) in [6, 6.07) is 9.02. The number of anilines is 1. The number of aromatic nitrogens is 1. The Bertz CT molecular complexity index is 1060. The fourth-order valence-electron chi connectivity index (χ4n) is 4.65. The van der Waals surface area contributed by atoms with Crippen molar-refractivity contribution < 1.29 is 4.79 Å². The van der Waals surface area contributed by atoms with Crippen LogP contribution in [0.4, 0.5) is 5.69 Å². The molecule has 182 valence electrons. The van der Waals surface area contributed by atoms with Crippen LogP contribution in [0.25, 0.3) is 11.1 Å². The van der Waals surface area contributed by atoms with E-state index in [0.717, 1.165) is 36.3 Å². The average molecular weight is 464 g/mol. The number of hydrogen-bond donors (Lipinski definition) is 4. The van der Waals surface area contributed by atoms with Gasteiger partial charge in [-0.3, -0.25) is 9.78 Å². The summed E-state index contributed by atoms with van der Waals surface area (Å²) in [5.41, 5.74) is 11.4. The van der Waals surface area contributed by atoms with E-state index in [2.05, 4.69) is 51.7 Å². The summed E-state index contributed by atoms with van der Waals surface area (Å²) >= 11 is 0. The number of fused-ring (bicyclic) bond motifs is 2. The number of aryl methyl sites for hydroxylation is 1. The summed E-state index contributed by atoms with van der Waals surface area (Å²) < 4.78 is 0. The van der Waals surface area contributed by atoms with Gasteiger partial charge in [0, 0.05) is 55.7 Å². The molecular weight excluding hydrogens is 426 g/mol. The molecule has 8 nitrogen and oxygen atoms in total. The van der Waals surface area contributed by atoms with Crippen molar-refractivity contribution in [1.82, 2.24) is 20.6 Å². The fourth-order valence-corrected chi connectivity index (χ4v) is 4.65. The molecule has 2 aromatic rings. The molecule has 2 aliphatic heterocycles. The van der Waals surface area contributed by atoms with Gasteiger partial charge in [-0.2, -0.15) is 0 Å². The van der Waals surface area contributed by atoms with E-state index in [1.807, 2.05) is 33.2 Å². The van der Waals surface area contributed by atoms with Crippen LogP contribution in [-0.2, 0) is 11.3 Å². The van der Waals surface area contributed by atoms with Crippen LogP contribution in [0, 0.1) is 12.8 Å². The second kappa shape index (κ2) is 9.64. The highest BCUT2D eigenvalue weighted by molar-refractivity contribution is 5.92. The van der Waals surface area contributed by atoms with Gasteiger partial charge in [0.15, 0.2) is 0 Å². The Balaban J connectivity index is 1.46. The maximum Gasteiger partial charge on any atom is 0.268 e. The molecule has 3 heterocycles. The molecule has 0 aliphatic carbocycles. The highest BCUT2D eigenvalue weighted by atomic mass is 16.2. The van der Waals surface area contributed by atoms with Gasteiger partial charge in [-0.25, -0.2) is 5.84 Å². The Labute approximate surface area is 202 Å². The zero-order valence-electron chi connectivity index (χ0n) is 20.6. The molecule has 8 heteroatoms. The molecule has 0 saturated carbocycles. The maximum absolute atomic E-state index is 12.5. The SMILES string of the molecule is Cc1cc(-c2ccncc2N2CC3CNC(C3)C2)ccc1CNC(=O)/C(N)=C/N(N)C(C)(C)C. The van der Waals surface area contributed by atoms with Crippen LogP contribution >= 0.6 is 0 Å². The zero-order chi connectivity index (χ0) is 24.5. The summed E-state index contributed by atoms with van der Waals surface area (Å²) in [7, 11) is 0. The van der Waals surface area contributed by atoms with Gasteiger partial charge in [-0.1, -0.05) is 18.2 Å². The molecular formula is C26H37N7O. The minimum Gasteiger partial charge on any atom is -0.393 e. The molecule has 2 atom stereocenters. The zero-order valence-corrected chi connectivity index (χ0v) is 20.6. The number of carbonyl (C=O) groups is 1. The number of piperidine rings is 1. The Morgan fingerprint density at radius 1 is 1.32 bits per heavy atom. The smallest absolute Gasteiger partial charge is 0.268 e. The molecule has 1 amide bonds. The van der Waals surface area contributed by atoms with Crippen molar-refractivity contribution in [2.75, 3.05) is 24.5 Å². The lowest BCUT2D eigenvalue weighted by molar-refractivity contribution is -0.117. The second-order valence-corrected chi connectivity index (χ2v) is 10.5. The summed E-state index contributed by atoms with van der Waals surface area (Å²) in [5.74, 6) is 6.33. The molecule has 2 fully saturated rings. The Morgan fingerprint density at radius 3 is 2.82 bits per heavy atom. The third kappa shape index (κ3) is 5.34. The highest BCUT2D eigenvalue weighted by Gasteiger charge is 2.33. The van der Waals surface area contributed by atoms with Crippen LogP contribution in [0.2, 0.25) is 0 Å². The van der Waals surface area contributed by atoms with Gasteiger partial charge in [0.1, 0.15) is 5.70 Å². The van der Waals surface area contributed by atoms with E-state index in [0.29, 0.717) is 18.5 Å². The average Bonchev–Trinajstić information content (AvgIpc) is 3.14. The highest BCUT2D eigenvalue weighted by Crippen LogP contribution is 2.34. The van der Waals surface area contributed by atoms with E-state index >= 15 is 0 Å². The molecule has 34 heavy (non-hydrogen) atoms. The number of hydrogen-bond acceptors (Lipinski definition) is 7. The van der Waals surface area contributed by atoms with Crippen LogP contribution in [0.1, 0.15) is 38.3 Å². The molecule has 6 N–H and O–H groups in total. The Kier molecular flexibility index (Phi) is 6.81. The van der Waals surface area contributed by atoms with Crippen molar-refractivity contribution >= 4 is 11.6 Å². The van der Waals surface area contributed by atoms with Crippen LogP contribution in [0.3, 0.4) is 0 Å². The van der Waals surface area contributed by atoms with Crippen LogP contribution < -0.4 is 27.1 Å². The van der Waals surface area contributed by atoms with Gasteiger partial charge < -0.3 is 26.3 Å². The number of pyridine rings is 1. The van der Waals surface area contributed by atoms with Gasteiger partial charge in [0.05, 0.1) is 11.9 Å². The molecule has 0 radical (unpaired) electrons. The minimum atomic E-state index is -0.340. The summed E-state index contributed by atoms with van der Waals surface area (Å²) in [6.07, 6.45) is 6.58. The molecule has 2 bridgehead atoms. The van der Waals surface area contributed by atoms with Gasteiger partial charge in [0.25, 0.3) is 5.91 Å². The van der Waals surface area contributed by atoms with Crippen molar-refractivity contribution in [1.29, 1.82) is 0 Å². The first-order chi connectivity index (χ1) is 16.1. The van der Waals surface area contributed by atoms with Gasteiger partial charge >= 0.3 is 0 Å². The van der Waals surface area contributed by atoms with E-state index in [-0.39, 0.29) is 17.1 Å². The normalized spacial score (nSPS) is 20.4. The number of nitrogens with zero attached hydrogens (tertiary/aromatic N) is 3. The van der Waals surface area contributed by atoms with Crippen molar-refractivity contribution in [2.24, 2.45) is 17.5 Å². The molecule has 2 unspecified atom stereocenters. The summed E-state index contributed by atoms with van der Waals surface area (Å²) in [5, 5.41) is 7.96. The van der Waals surface area contributed by atoms with Crippen LogP contribution in [0.5, 0.6) is 0 Å². The molecule has 1 aromatic heterocycles. The van der Waals surface area contributed by atoms with E-state index in [1.54, 1.807) is 0 Å². The first-order valence-corrected chi connectivity index (χ1v) is 11.9. The summed E-state index contributed by atoms with van der Waals surface area (Å²) in [6.45, 7) is 11.5. The molecule has 0 spiro atoms. The Morgan fingerprint density at radius 2 is 2.12 bits per heavy atom. The lowest BCUT2D eigenvalue weighted by atomic mass is 9.96. The number of hydrazine groups is 1. The maximum atomic E-state index is 12.5. The van der Waals surface area contributed by atoms with E-state index in [9.17, 15) is 4.79 Å². The second-order valence-electron chi connectivity index (χ2n) is 10.5. The van der Waals surface area contributed by atoms with Crippen molar-refractivity contribution in [2.45, 2.75) is 52.2 Å². The number of rotatable bonds is 6. The summed E-state index contributed by atoms with van der Waals surface area (Å²) in [4.78, 5) is 19.3. The number of carbonyl (C=O) groups excluding carboxylic acids is 1. The first kappa shape index (κ1) is 24.0. The lowest BCUT2D eigenvalue weighted by Crippen LogP contribution is -2.44. The van der Waals surface area contributed by atoms with E-state index < -0.39 is 0 Å². The predicted octanol–water partition coefficient (Wildman–Crippen LogP) is 2.25. The quantitative estimate of drug-likeness (QED) is 0.295. The number of benzene rings is 1. The Hall–Kier alpha value is -3.10. The largest absolute Gasteiger partial charge is 0.393 e. The minimum absolute atomic E-state index is 0.0816. The topological polar surface area (TPSA) is 113 Å². The molecule has 2 saturated heterocycles. The fraction of sp³-hybridized carbons (Fsp3) is 0.462. The predicted molar refractivity (Wildman–Crippen MR) is 136 cm³/mol. The van der Waals surface area contributed by atoms with Crippen LogP contribution in [-0.4, -0.2) is 47.1 Å². The van der Waals surface area contributed by atoms with E-state index in [1.165, 1.54) is 28.9 Å². The third-order valence-corrected chi connectivity index (χ3v) is 6.78. The molecule has 4 rings (SSSR count). The van der Waals surface area contributed by atoms with E-state index in [4.69, 9.17) is 11.6 Å². The standard InChI is InChI=1S/C26H37N7O/c1-17-9-19(5-6-20(17)12-31-25(34)23(27)16-33(28)26(2,3)4)22-7-8-29-13-24(22)32-14-18-10-21(15-32)30-11-18/h5-9,13,16,18,21,30H,10-12,14-15,27-28H2,1-4H3,(H,31,34)/b23-16-. The number of nitrogens with two attached hydrogens (primary N) is 2. The number of nitrogens with one attached hydrogen (secondary N) is 2. The third-order valence-electron chi connectivity index (χ3n) is 6.78.